The minimum absolute atomic E-state index is 0.112. The van der Waals surface area contributed by atoms with Crippen molar-refractivity contribution in [3.8, 4) is 5.75 Å². The highest BCUT2D eigenvalue weighted by atomic mass is 16.4. The molecule has 16 heavy (non-hydrogen) atoms. The van der Waals surface area contributed by atoms with Crippen LogP contribution in [-0.4, -0.2) is 32.0 Å². The van der Waals surface area contributed by atoms with Gasteiger partial charge in [-0.1, -0.05) is 0 Å². The van der Waals surface area contributed by atoms with Crippen LogP contribution in [0.4, 0.5) is 0 Å². The van der Waals surface area contributed by atoms with Gasteiger partial charge < -0.3 is 19.9 Å². The maximum Gasteiger partial charge on any atom is 0.329 e. The fourth-order valence-corrected chi connectivity index (χ4v) is 1.50. The van der Waals surface area contributed by atoms with Crippen molar-refractivity contribution in [3.05, 3.63) is 28.2 Å². The van der Waals surface area contributed by atoms with E-state index in [2.05, 4.69) is 0 Å². The number of aromatic hydroxyl groups is 1. The van der Waals surface area contributed by atoms with Crippen LogP contribution in [0.1, 0.15) is 18.7 Å². The Kier molecular flexibility index (Phi) is 3.34. The van der Waals surface area contributed by atoms with Crippen molar-refractivity contribution in [3.63, 3.8) is 0 Å². The van der Waals surface area contributed by atoms with Crippen LogP contribution in [0.2, 0.25) is 0 Å². The smallest absolute Gasteiger partial charge is 0.329 e. The van der Waals surface area contributed by atoms with Crippen LogP contribution < -0.4 is 5.43 Å². The number of pyridine rings is 1. The van der Waals surface area contributed by atoms with Gasteiger partial charge >= 0.3 is 5.97 Å². The third kappa shape index (κ3) is 2.06. The molecule has 1 aromatic heterocycles. The first-order valence-corrected chi connectivity index (χ1v) is 4.68. The number of aromatic nitrogens is 1. The molecule has 0 aliphatic heterocycles. The number of carboxylic acid groups (broad SMARTS) is 1. The normalized spacial score (nSPS) is 14.4. The average molecular weight is 227 g/mol. The van der Waals surface area contributed by atoms with Crippen LogP contribution in [-0.2, 0) is 4.79 Å². The molecule has 6 nitrogen and oxygen atoms in total. The summed E-state index contributed by atoms with van der Waals surface area (Å²) in [6.07, 6.45) is 0.0983. The van der Waals surface area contributed by atoms with Crippen molar-refractivity contribution < 1.29 is 20.1 Å². The summed E-state index contributed by atoms with van der Waals surface area (Å²) in [7, 11) is 0. The summed E-state index contributed by atoms with van der Waals surface area (Å²) in [6.45, 7) is 2.74. The zero-order chi connectivity index (χ0) is 12.5. The SMILES string of the molecule is Cc1c(O)c(=O)ccn1C(C(=O)O)C(C)O. The quantitative estimate of drug-likeness (QED) is 0.667. The topological polar surface area (TPSA) is 99.8 Å². The highest BCUT2D eigenvalue weighted by Gasteiger charge is 2.26. The van der Waals surface area contributed by atoms with Gasteiger partial charge in [-0.15, -0.1) is 0 Å². The molecule has 2 atom stereocenters. The van der Waals surface area contributed by atoms with Crippen LogP contribution >= 0.6 is 0 Å². The Morgan fingerprint density at radius 3 is 2.50 bits per heavy atom. The monoisotopic (exact) mass is 227 g/mol. The Bertz CT molecular complexity index is 463. The molecule has 2 unspecified atom stereocenters. The molecule has 1 heterocycles. The molecule has 0 amide bonds. The van der Waals surface area contributed by atoms with Crippen LogP contribution in [0.3, 0.4) is 0 Å². The lowest BCUT2D eigenvalue weighted by Gasteiger charge is -2.21. The van der Waals surface area contributed by atoms with Gasteiger partial charge in [0, 0.05) is 12.3 Å². The van der Waals surface area contributed by atoms with Gasteiger partial charge in [0.05, 0.1) is 11.8 Å². The van der Waals surface area contributed by atoms with E-state index in [0.717, 1.165) is 10.6 Å². The zero-order valence-electron chi connectivity index (χ0n) is 8.91. The minimum Gasteiger partial charge on any atom is -0.503 e. The molecule has 0 spiro atoms. The van der Waals surface area contributed by atoms with Gasteiger partial charge in [0.25, 0.3) is 0 Å². The van der Waals surface area contributed by atoms with Gasteiger partial charge in [0.2, 0.25) is 5.43 Å². The number of aliphatic hydroxyl groups excluding tert-OH is 1. The first kappa shape index (κ1) is 12.3. The van der Waals surface area contributed by atoms with Crippen molar-refractivity contribution in [2.24, 2.45) is 0 Å². The van der Waals surface area contributed by atoms with E-state index in [9.17, 15) is 19.8 Å². The molecule has 0 saturated carbocycles. The second-order valence-electron chi connectivity index (χ2n) is 3.54. The van der Waals surface area contributed by atoms with Crippen molar-refractivity contribution in [1.82, 2.24) is 4.57 Å². The van der Waals surface area contributed by atoms with Crippen molar-refractivity contribution in [1.29, 1.82) is 0 Å². The molecule has 0 aliphatic rings. The van der Waals surface area contributed by atoms with Crippen LogP contribution in [0.5, 0.6) is 5.75 Å². The standard InChI is InChI=1S/C10H13NO5/c1-5-9(14)7(13)3-4-11(5)8(6(2)12)10(15)16/h3-4,6,8,12,14H,1-2H3,(H,15,16). The van der Waals surface area contributed by atoms with Gasteiger partial charge in [0.15, 0.2) is 11.8 Å². The van der Waals surface area contributed by atoms with E-state index in [1.807, 2.05) is 0 Å². The minimum atomic E-state index is -1.24. The van der Waals surface area contributed by atoms with E-state index in [1.54, 1.807) is 0 Å². The summed E-state index contributed by atoms with van der Waals surface area (Å²) >= 11 is 0. The molecule has 1 rings (SSSR count). The number of carbonyl (C=O) groups is 1. The van der Waals surface area contributed by atoms with Gasteiger partial charge in [-0.05, 0) is 13.8 Å². The van der Waals surface area contributed by atoms with E-state index < -0.39 is 29.3 Å². The summed E-state index contributed by atoms with van der Waals surface area (Å²) in [5.74, 6) is -1.74. The van der Waals surface area contributed by atoms with E-state index >= 15 is 0 Å². The molecule has 1 aromatic rings. The lowest BCUT2D eigenvalue weighted by Crippen LogP contribution is -2.31. The Hall–Kier alpha value is -1.82. The summed E-state index contributed by atoms with van der Waals surface area (Å²) in [4.78, 5) is 22.0. The van der Waals surface area contributed by atoms with Crippen molar-refractivity contribution in [2.45, 2.75) is 26.0 Å². The predicted octanol–water partition coefficient (Wildman–Crippen LogP) is -0.131. The third-order valence-corrected chi connectivity index (χ3v) is 2.36. The van der Waals surface area contributed by atoms with Crippen molar-refractivity contribution in [2.75, 3.05) is 0 Å². The molecule has 3 N–H and O–H groups in total. The lowest BCUT2D eigenvalue weighted by molar-refractivity contribution is -0.144. The number of aliphatic carboxylic acids is 1. The fraction of sp³-hybridized carbons (Fsp3) is 0.400. The summed E-state index contributed by atoms with van der Waals surface area (Å²) < 4.78 is 1.16. The number of aliphatic hydroxyl groups is 1. The number of hydrogen-bond donors (Lipinski definition) is 3. The van der Waals surface area contributed by atoms with Gasteiger partial charge in [0.1, 0.15) is 0 Å². The molecule has 0 aromatic carbocycles. The van der Waals surface area contributed by atoms with Gasteiger partial charge in [-0.3, -0.25) is 4.79 Å². The number of carboxylic acids is 1. The third-order valence-electron chi connectivity index (χ3n) is 2.36. The first-order valence-electron chi connectivity index (χ1n) is 4.68. The van der Waals surface area contributed by atoms with Crippen LogP contribution in [0, 0.1) is 6.92 Å². The zero-order valence-corrected chi connectivity index (χ0v) is 8.91. The lowest BCUT2D eigenvalue weighted by atomic mass is 10.1. The molecule has 0 bridgehead atoms. The molecule has 88 valence electrons. The van der Waals surface area contributed by atoms with E-state index in [0.29, 0.717) is 0 Å². The summed E-state index contributed by atoms with van der Waals surface area (Å²) in [5.41, 5.74) is -0.468. The molecule has 0 radical (unpaired) electrons. The van der Waals surface area contributed by atoms with Crippen LogP contribution in [0.15, 0.2) is 17.1 Å². The Balaban J connectivity index is 3.37. The molecular weight excluding hydrogens is 214 g/mol. The fourth-order valence-electron chi connectivity index (χ4n) is 1.50. The molecule has 6 heteroatoms. The molecular formula is C10H13NO5. The number of nitrogens with zero attached hydrogens (tertiary/aromatic N) is 1. The molecule has 0 fully saturated rings. The number of rotatable bonds is 3. The second-order valence-corrected chi connectivity index (χ2v) is 3.54. The molecule has 0 saturated heterocycles. The first-order chi connectivity index (χ1) is 7.36. The van der Waals surface area contributed by atoms with E-state index in [4.69, 9.17) is 5.11 Å². The largest absolute Gasteiger partial charge is 0.503 e. The van der Waals surface area contributed by atoms with Crippen LogP contribution in [0.25, 0.3) is 0 Å². The second kappa shape index (κ2) is 4.36. The van der Waals surface area contributed by atoms with Gasteiger partial charge in [-0.25, -0.2) is 4.79 Å². The Labute approximate surface area is 91.4 Å². The maximum atomic E-state index is 11.1. The number of hydrogen-bond acceptors (Lipinski definition) is 4. The van der Waals surface area contributed by atoms with Gasteiger partial charge in [-0.2, -0.15) is 0 Å². The molecule has 0 aliphatic carbocycles. The van der Waals surface area contributed by atoms with E-state index in [1.165, 1.54) is 20.0 Å². The Morgan fingerprint density at radius 2 is 2.06 bits per heavy atom. The highest BCUT2D eigenvalue weighted by molar-refractivity contribution is 5.72. The summed E-state index contributed by atoms with van der Waals surface area (Å²) in [6, 6.07) is -0.174. The maximum absolute atomic E-state index is 11.1. The van der Waals surface area contributed by atoms with E-state index in [-0.39, 0.29) is 5.69 Å². The average Bonchev–Trinajstić information content (AvgIpc) is 2.17. The van der Waals surface area contributed by atoms with Crippen molar-refractivity contribution >= 4 is 5.97 Å². The highest BCUT2D eigenvalue weighted by Crippen LogP contribution is 2.18. The summed E-state index contributed by atoms with van der Waals surface area (Å²) in [5, 5.41) is 27.7. The Morgan fingerprint density at radius 1 is 1.50 bits per heavy atom. The predicted molar refractivity (Wildman–Crippen MR) is 55.5 cm³/mol.